The van der Waals surface area contributed by atoms with E-state index in [-0.39, 0.29) is 11.9 Å². The van der Waals surface area contributed by atoms with Gasteiger partial charge >= 0.3 is 0 Å². The van der Waals surface area contributed by atoms with E-state index in [2.05, 4.69) is 15.0 Å². The molecule has 4 heterocycles. The molecule has 144 valence electrons. The summed E-state index contributed by atoms with van der Waals surface area (Å²) >= 11 is 7.56. The molecule has 8 heteroatoms. The van der Waals surface area contributed by atoms with Crippen molar-refractivity contribution < 1.29 is 9.52 Å². The van der Waals surface area contributed by atoms with Gasteiger partial charge in [0.25, 0.3) is 0 Å². The van der Waals surface area contributed by atoms with Crippen molar-refractivity contribution in [2.24, 2.45) is 0 Å². The first-order chi connectivity index (χ1) is 13.7. The summed E-state index contributed by atoms with van der Waals surface area (Å²) < 4.78 is 6.88. The number of thiazole rings is 1. The molecule has 0 aliphatic carbocycles. The third-order valence-electron chi connectivity index (χ3n) is 5.13. The van der Waals surface area contributed by atoms with Crippen molar-refractivity contribution in [3.8, 4) is 17.5 Å². The molecule has 0 bridgehead atoms. The molecule has 6 nitrogen and oxygen atoms in total. The molecule has 1 aromatic carbocycles. The van der Waals surface area contributed by atoms with Crippen LogP contribution in [0.5, 0.6) is 5.88 Å². The van der Waals surface area contributed by atoms with Crippen LogP contribution in [0.25, 0.3) is 16.5 Å². The average molecular weight is 415 g/mol. The standard InChI is InChI=1S/C20H19ClN4O2S/c21-14-8-6-13(7-9-14)16(24-10-2-1-3-11-24)17-19(26)25-20(28-17)22-18(23-25)15-5-4-12-27-15/h4-9,12,16,26H,1-3,10-11H2/t16-/m0/s1. The molecular weight excluding hydrogens is 396 g/mol. The van der Waals surface area contributed by atoms with E-state index in [0.29, 0.717) is 21.6 Å². The smallest absolute Gasteiger partial charge is 0.230 e. The number of likely N-dealkylation sites (tertiary alicyclic amines) is 1. The Bertz CT molecular complexity index is 1080. The van der Waals surface area contributed by atoms with Gasteiger partial charge in [0.2, 0.25) is 16.7 Å². The van der Waals surface area contributed by atoms with Crippen molar-refractivity contribution in [1.82, 2.24) is 19.5 Å². The first-order valence-electron chi connectivity index (χ1n) is 9.32. The largest absolute Gasteiger partial charge is 0.492 e. The second-order valence-electron chi connectivity index (χ2n) is 6.95. The lowest BCUT2D eigenvalue weighted by molar-refractivity contribution is 0.186. The van der Waals surface area contributed by atoms with E-state index < -0.39 is 0 Å². The lowest BCUT2D eigenvalue weighted by atomic mass is 10.0. The van der Waals surface area contributed by atoms with Gasteiger partial charge in [0.1, 0.15) is 0 Å². The minimum absolute atomic E-state index is 0.0434. The summed E-state index contributed by atoms with van der Waals surface area (Å²) in [5.41, 5.74) is 1.11. The second-order valence-corrected chi connectivity index (χ2v) is 8.39. The van der Waals surface area contributed by atoms with Crippen LogP contribution in [0, 0.1) is 0 Å². The topological polar surface area (TPSA) is 66.8 Å². The zero-order valence-electron chi connectivity index (χ0n) is 15.1. The molecule has 0 spiro atoms. The van der Waals surface area contributed by atoms with Crippen LogP contribution in [0.4, 0.5) is 0 Å². The number of benzene rings is 1. The highest BCUT2D eigenvalue weighted by molar-refractivity contribution is 7.17. The van der Waals surface area contributed by atoms with Crippen LogP contribution in [0.1, 0.15) is 35.7 Å². The number of hydrogen-bond acceptors (Lipinski definition) is 6. The van der Waals surface area contributed by atoms with Crippen LogP contribution in [-0.2, 0) is 0 Å². The van der Waals surface area contributed by atoms with Gasteiger partial charge in [-0.25, -0.2) is 0 Å². The highest BCUT2D eigenvalue weighted by Gasteiger charge is 2.30. The molecule has 4 aromatic rings. The normalized spacial score (nSPS) is 16.6. The summed E-state index contributed by atoms with van der Waals surface area (Å²) in [4.78, 5) is 8.47. The Morgan fingerprint density at radius 2 is 1.89 bits per heavy atom. The first-order valence-corrected chi connectivity index (χ1v) is 10.5. The highest BCUT2D eigenvalue weighted by atomic mass is 35.5. The molecule has 0 saturated carbocycles. The number of aromatic nitrogens is 3. The highest BCUT2D eigenvalue weighted by Crippen LogP contribution is 2.41. The first kappa shape index (κ1) is 17.7. The number of aromatic hydroxyl groups is 1. The van der Waals surface area contributed by atoms with Gasteiger partial charge in [-0.1, -0.05) is 41.5 Å². The van der Waals surface area contributed by atoms with Crippen LogP contribution in [0.15, 0.2) is 47.1 Å². The van der Waals surface area contributed by atoms with Crippen molar-refractivity contribution in [1.29, 1.82) is 0 Å². The van der Waals surface area contributed by atoms with Crippen LogP contribution >= 0.6 is 22.9 Å². The van der Waals surface area contributed by atoms with Gasteiger partial charge in [-0.15, -0.1) is 5.10 Å². The molecule has 1 N–H and O–H groups in total. The summed E-state index contributed by atoms with van der Waals surface area (Å²) in [6.07, 6.45) is 5.16. The van der Waals surface area contributed by atoms with E-state index in [9.17, 15) is 5.11 Å². The fraction of sp³-hybridized carbons (Fsp3) is 0.300. The molecule has 1 fully saturated rings. The van der Waals surface area contributed by atoms with Gasteiger partial charge in [0.05, 0.1) is 17.2 Å². The molecule has 28 heavy (non-hydrogen) atoms. The average Bonchev–Trinajstić information content (AvgIpc) is 3.43. The number of piperidine rings is 1. The summed E-state index contributed by atoms with van der Waals surface area (Å²) in [7, 11) is 0. The summed E-state index contributed by atoms with van der Waals surface area (Å²) in [6.45, 7) is 2.00. The molecule has 0 amide bonds. The summed E-state index contributed by atoms with van der Waals surface area (Å²) in [6, 6.07) is 11.4. The third kappa shape index (κ3) is 3.09. The monoisotopic (exact) mass is 414 g/mol. The maximum Gasteiger partial charge on any atom is 0.230 e. The minimum Gasteiger partial charge on any atom is -0.492 e. The quantitative estimate of drug-likeness (QED) is 0.509. The Morgan fingerprint density at radius 3 is 2.57 bits per heavy atom. The van der Waals surface area contributed by atoms with Gasteiger partial charge in [0.15, 0.2) is 5.76 Å². The van der Waals surface area contributed by atoms with Crippen LogP contribution in [0.3, 0.4) is 0 Å². The van der Waals surface area contributed by atoms with Gasteiger partial charge in [-0.2, -0.15) is 9.50 Å². The molecule has 1 aliphatic rings. The lowest BCUT2D eigenvalue weighted by Gasteiger charge is -2.34. The number of nitrogens with zero attached hydrogens (tertiary/aromatic N) is 4. The molecule has 0 radical (unpaired) electrons. The zero-order valence-corrected chi connectivity index (χ0v) is 16.7. The van der Waals surface area contributed by atoms with E-state index in [1.807, 2.05) is 30.3 Å². The zero-order chi connectivity index (χ0) is 19.1. The van der Waals surface area contributed by atoms with Gasteiger partial charge in [-0.3, -0.25) is 4.90 Å². The van der Waals surface area contributed by atoms with Crippen molar-refractivity contribution in [2.45, 2.75) is 25.3 Å². The number of hydrogen-bond donors (Lipinski definition) is 1. The Hall–Kier alpha value is -2.35. The maximum atomic E-state index is 11.0. The van der Waals surface area contributed by atoms with E-state index in [1.54, 1.807) is 12.3 Å². The summed E-state index contributed by atoms with van der Waals surface area (Å²) in [5, 5.41) is 16.2. The third-order valence-corrected chi connectivity index (χ3v) is 6.46. The molecule has 1 atom stereocenters. The van der Waals surface area contributed by atoms with Gasteiger partial charge in [-0.05, 0) is 55.8 Å². The Kier molecular flexibility index (Phi) is 4.58. The predicted molar refractivity (Wildman–Crippen MR) is 109 cm³/mol. The van der Waals surface area contributed by atoms with Gasteiger partial charge in [0, 0.05) is 5.02 Å². The van der Waals surface area contributed by atoms with Crippen LogP contribution < -0.4 is 0 Å². The van der Waals surface area contributed by atoms with Crippen molar-refractivity contribution >= 4 is 27.9 Å². The van der Waals surface area contributed by atoms with Crippen molar-refractivity contribution in [3.05, 3.63) is 58.1 Å². The Labute approximate surface area is 171 Å². The number of fused-ring (bicyclic) bond motifs is 1. The number of rotatable bonds is 4. The van der Waals surface area contributed by atoms with E-state index in [1.165, 1.54) is 22.3 Å². The number of furan rings is 1. The number of halogens is 1. The van der Waals surface area contributed by atoms with Crippen LogP contribution in [0.2, 0.25) is 5.02 Å². The minimum atomic E-state index is -0.0434. The molecule has 0 unspecified atom stereocenters. The Morgan fingerprint density at radius 1 is 1.11 bits per heavy atom. The molecule has 3 aromatic heterocycles. The lowest BCUT2D eigenvalue weighted by Crippen LogP contribution is -2.34. The van der Waals surface area contributed by atoms with Crippen LogP contribution in [-0.4, -0.2) is 37.7 Å². The molecule has 1 saturated heterocycles. The molecular formula is C20H19ClN4O2S. The fourth-order valence-corrected chi connectivity index (χ4v) is 5.03. The van der Waals surface area contributed by atoms with Crippen molar-refractivity contribution in [3.63, 3.8) is 0 Å². The van der Waals surface area contributed by atoms with Gasteiger partial charge < -0.3 is 9.52 Å². The molecule has 1 aliphatic heterocycles. The van der Waals surface area contributed by atoms with E-state index in [0.717, 1.165) is 36.4 Å². The van der Waals surface area contributed by atoms with E-state index in [4.69, 9.17) is 16.0 Å². The fourth-order valence-electron chi connectivity index (χ4n) is 3.79. The Balaban J connectivity index is 1.59. The second kappa shape index (κ2) is 7.24. The molecule has 5 rings (SSSR count). The maximum absolute atomic E-state index is 11.0. The van der Waals surface area contributed by atoms with Crippen molar-refractivity contribution in [2.75, 3.05) is 13.1 Å². The SMILES string of the molecule is Oc1c([C@H](c2ccc(Cl)cc2)N2CCCCC2)sc2nc(-c3ccco3)nn12. The van der Waals surface area contributed by atoms with E-state index >= 15 is 0 Å². The summed E-state index contributed by atoms with van der Waals surface area (Å²) in [5.74, 6) is 1.19. The predicted octanol–water partition coefficient (Wildman–Crippen LogP) is 4.99.